The van der Waals surface area contributed by atoms with Gasteiger partial charge in [0.1, 0.15) is 5.69 Å². The summed E-state index contributed by atoms with van der Waals surface area (Å²) in [5, 5.41) is 22.4. The number of hydrogen-bond donors (Lipinski definition) is 2. The number of halogens is 1. The molecule has 0 aliphatic carbocycles. The van der Waals surface area contributed by atoms with Crippen LogP contribution in [0.5, 0.6) is 5.75 Å². The Labute approximate surface area is 114 Å². The number of carboxylic acid groups (broad SMARTS) is 1. The molecule has 0 spiro atoms. The third kappa shape index (κ3) is 3.81. The van der Waals surface area contributed by atoms with Crippen molar-refractivity contribution in [3.05, 3.63) is 28.1 Å². The Bertz CT molecular complexity index is 521. The van der Waals surface area contributed by atoms with E-state index < -0.39 is 28.4 Å². The van der Waals surface area contributed by atoms with Gasteiger partial charge in [0.2, 0.25) is 0 Å². The lowest BCUT2D eigenvalue weighted by atomic mass is 10.1. The zero-order valence-corrected chi connectivity index (χ0v) is 11.1. The van der Waals surface area contributed by atoms with Crippen molar-refractivity contribution >= 4 is 17.3 Å². The van der Waals surface area contributed by atoms with E-state index in [1.54, 1.807) is 6.92 Å². The Morgan fingerprint density at radius 3 is 2.70 bits per heavy atom. The fraction of sp³-hybridized carbons (Fsp3) is 0.417. The van der Waals surface area contributed by atoms with E-state index in [0.29, 0.717) is 6.42 Å². The molecular weight excluding hydrogens is 271 g/mol. The Balaban J connectivity index is 3.13. The van der Waals surface area contributed by atoms with Gasteiger partial charge in [-0.25, -0.2) is 4.39 Å². The van der Waals surface area contributed by atoms with Crippen molar-refractivity contribution in [1.82, 2.24) is 0 Å². The van der Waals surface area contributed by atoms with Crippen molar-refractivity contribution in [3.63, 3.8) is 0 Å². The van der Waals surface area contributed by atoms with Crippen LogP contribution in [-0.4, -0.2) is 29.2 Å². The number of nitrogens with one attached hydrogen (secondary N) is 1. The topological polar surface area (TPSA) is 102 Å². The first-order valence-corrected chi connectivity index (χ1v) is 5.89. The molecule has 20 heavy (non-hydrogen) atoms. The quantitative estimate of drug-likeness (QED) is 0.589. The average Bonchev–Trinajstić information content (AvgIpc) is 2.38. The fourth-order valence-electron chi connectivity index (χ4n) is 1.69. The number of nitrogens with zero attached hydrogens (tertiary/aromatic N) is 1. The van der Waals surface area contributed by atoms with Crippen LogP contribution in [0.3, 0.4) is 0 Å². The van der Waals surface area contributed by atoms with E-state index in [4.69, 9.17) is 9.84 Å². The molecule has 8 heteroatoms. The number of aliphatic carboxylic acids is 1. The Morgan fingerprint density at radius 1 is 1.60 bits per heavy atom. The number of methoxy groups -OCH3 is 1. The number of hydrogen-bond acceptors (Lipinski definition) is 5. The van der Waals surface area contributed by atoms with E-state index in [-0.39, 0.29) is 17.9 Å². The summed E-state index contributed by atoms with van der Waals surface area (Å²) >= 11 is 0. The van der Waals surface area contributed by atoms with Crippen molar-refractivity contribution < 1.29 is 24.0 Å². The SMILES string of the molecule is CCC(CC(=O)O)Nc1cc(OC)c(F)cc1[N+](=O)[O-]. The van der Waals surface area contributed by atoms with Crippen LogP contribution in [-0.2, 0) is 4.79 Å². The second-order valence-electron chi connectivity index (χ2n) is 4.11. The van der Waals surface area contributed by atoms with E-state index in [2.05, 4.69) is 5.32 Å². The lowest BCUT2D eigenvalue weighted by Gasteiger charge is -2.17. The molecule has 1 aromatic carbocycles. The number of ether oxygens (including phenoxy) is 1. The molecule has 1 unspecified atom stereocenters. The summed E-state index contributed by atoms with van der Waals surface area (Å²) in [7, 11) is 1.24. The molecule has 0 amide bonds. The zero-order chi connectivity index (χ0) is 15.3. The number of benzene rings is 1. The monoisotopic (exact) mass is 286 g/mol. The molecule has 7 nitrogen and oxygen atoms in total. The third-order valence-corrected chi connectivity index (χ3v) is 2.74. The Kier molecular flexibility index (Phi) is 5.24. The molecule has 0 aliphatic heterocycles. The van der Waals surface area contributed by atoms with Crippen molar-refractivity contribution in [2.45, 2.75) is 25.8 Å². The first kappa shape index (κ1) is 15.7. The highest BCUT2D eigenvalue weighted by atomic mass is 19.1. The lowest BCUT2D eigenvalue weighted by Crippen LogP contribution is -2.22. The maximum absolute atomic E-state index is 13.5. The van der Waals surface area contributed by atoms with Crippen LogP contribution in [0.4, 0.5) is 15.8 Å². The predicted octanol–water partition coefficient (Wildman–Crippen LogP) is 2.41. The van der Waals surface area contributed by atoms with Crippen LogP contribution in [0.1, 0.15) is 19.8 Å². The third-order valence-electron chi connectivity index (χ3n) is 2.74. The Hall–Kier alpha value is -2.38. The summed E-state index contributed by atoms with van der Waals surface area (Å²) in [5.41, 5.74) is -0.437. The summed E-state index contributed by atoms with van der Waals surface area (Å²) in [6.45, 7) is 1.74. The van der Waals surface area contributed by atoms with Gasteiger partial charge in [-0.3, -0.25) is 14.9 Å². The summed E-state index contributed by atoms with van der Waals surface area (Å²) in [4.78, 5) is 20.9. The van der Waals surface area contributed by atoms with Gasteiger partial charge in [-0.2, -0.15) is 0 Å². The van der Waals surface area contributed by atoms with Crippen LogP contribution in [0.15, 0.2) is 12.1 Å². The number of rotatable bonds is 7. The molecule has 0 saturated heterocycles. The molecule has 1 rings (SSSR count). The van der Waals surface area contributed by atoms with E-state index in [0.717, 1.165) is 12.1 Å². The fourth-order valence-corrected chi connectivity index (χ4v) is 1.69. The minimum atomic E-state index is -1.03. The average molecular weight is 286 g/mol. The molecule has 110 valence electrons. The van der Waals surface area contributed by atoms with Crippen molar-refractivity contribution in [2.24, 2.45) is 0 Å². The second-order valence-corrected chi connectivity index (χ2v) is 4.11. The van der Waals surface area contributed by atoms with E-state index in [1.807, 2.05) is 0 Å². The number of anilines is 1. The second kappa shape index (κ2) is 6.69. The largest absolute Gasteiger partial charge is 0.494 e. The summed E-state index contributed by atoms with van der Waals surface area (Å²) < 4.78 is 18.2. The van der Waals surface area contributed by atoms with Crippen molar-refractivity contribution in [2.75, 3.05) is 12.4 Å². The number of carboxylic acids is 1. The molecule has 0 aliphatic rings. The van der Waals surface area contributed by atoms with Gasteiger partial charge in [-0.15, -0.1) is 0 Å². The maximum Gasteiger partial charge on any atom is 0.305 e. The lowest BCUT2D eigenvalue weighted by molar-refractivity contribution is -0.384. The molecule has 2 N–H and O–H groups in total. The molecule has 0 radical (unpaired) electrons. The molecule has 1 atom stereocenters. The van der Waals surface area contributed by atoms with Gasteiger partial charge in [0.25, 0.3) is 5.69 Å². The highest BCUT2D eigenvalue weighted by molar-refractivity contribution is 5.70. The van der Waals surface area contributed by atoms with Crippen molar-refractivity contribution in [3.8, 4) is 5.75 Å². The van der Waals surface area contributed by atoms with Crippen LogP contribution in [0.2, 0.25) is 0 Å². The molecular formula is C12H15FN2O5. The molecule has 0 aromatic heterocycles. The van der Waals surface area contributed by atoms with Gasteiger partial charge < -0.3 is 15.2 Å². The first-order chi connectivity index (χ1) is 9.38. The van der Waals surface area contributed by atoms with Gasteiger partial charge in [0.05, 0.1) is 24.5 Å². The van der Waals surface area contributed by atoms with Crippen LogP contribution >= 0.6 is 0 Å². The van der Waals surface area contributed by atoms with Gasteiger partial charge >= 0.3 is 5.97 Å². The number of nitro benzene ring substituents is 1. The Morgan fingerprint density at radius 2 is 2.25 bits per heavy atom. The van der Waals surface area contributed by atoms with Crippen LogP contribution in [0, 0.1) is 15.9 Å². The number of carbonyl (C=O) groups is 1. The van der Waals surface area contributed by atoms with Crippen LogP contribution in [0.25, 0.3) is 0 Å². The zero-order valence-electron chi connectivity index (χ0n) is 11.1. The van der Waals surface area contributed by atoms with E-state index >= 15 is 0 Å². The highest BCUT2D eigenvalue weighted by Gasteiger charge is 2.21. The van der Waals surface area contributed by atoms with Crippen LogP contribution < -0.4 is 10.1 Å². The smallest absolute Gasteiger partial charge is 0.305 e. The van der Waals surface area contributed by atoms with Gasteiger partial charge in [0.15, 0.2) is 11.6 Å². The van der Waals surface area contributed by atoms with Crippen molar-refractivity contribution in [1.29, 1.82) is 0 Å². The molecule has 0 bridgehead atoms. The number of nitro groups is 1. The minimum absolute atomic E-state index is 0.0290. The van der Waals surface area contributed by atoms with Gasteiger partial charge in [0, 0.05) is 12.1 Å². The predicted molar refractivity (Wildman–Crippen MR) is 69.6 cm³/mol. The standard InChI is InChI=1S/C12H15FN2O5/c1-3-7(4-12(16)17)14-9-6-11(20-2)8(13)5-10(9)15(18)19/h5-7,14H,3-4H2,1-2H3,(H,16,17). The maximum atomic E-state index is 13.5. The molecule has 0 fully saturated rings. The minimum Gasteiger partial charge on any atom is -0.494 e. The highest BCUT2D eigenvalue weighted by Crippen LogP contribution is 2.32. The summed E-state index contributed by atoms with van der Waals surface area (Å²) in [5.74, 6) is -2.03. The van der Waals surface area contributed by atoms with Gasteiger partial charge in [-0.05, 0) is 6.42 Å². The first-order valence-electron chi connectivity index (χ1n) is 5.89. The molecule has 0 heterocycles. The summed E-state index contributed by atoms with van der Waals surface area (Å²) in [6.07, 6.45) is 0.247. The normalized spacial score (nSPS) is 11.8. The summed E-state index contributed by atoms with van der Waals surface area (Å²) in [6, 6.07) is 1.40. The van der Waals surface area contributed by atoms with E-state index in [1.165, 1.54) is 7.11 Å². The molecule has 1 aromatic rings. The molecule has 0 saturated carbocycles. The van der Waals surface area contributed by atoms with E-state index in [9.17, 15) is 19.3 Å². The van der Waals surface area contributed by atoms with Gasteiger partial charge in [-0.1, -0.05) is 6.92 Å².